The fourth-order valence-electron chi connectivity index (χ4n) is 3.94. The molecule has 0 bridgehead atoms. The second kappa shape index (κ2) is 9.33. The van der Waals surface area contributed by atoms with E-state index >= 15 is 0 Å². The van der Waals surface area contributed by atoms with Gasteiger partial charge in [-0.1, -0.05) is 36.4 Å². The number of sulfone groups is 1. The van der Waals surface area contributed by atoms with E-state index in [2.05, 4.69) is 62.1 Å². The SMILES string of the molecule is CC1[C@@H](C)O[C@@H](C)CN1c1ccc(CCc2ccc(CS(=O)(=O)C(C)(C)C)cc2)cc1. The van der Waals surface area contributed by atoms with Crippen molar-refractivity contribution in [2.45, 2.75) is 83.1 Å². The van der Waals surface area contributed by atoms with Crippen molar-refractivity contribution in [3.8, 4) is 0 Å². The Bertz CT molecular complexity index is 959. The molecule has 1 unspecified atom stereocenters. The molecule has 1 saturated heterocycles. The second-order valence-corrected chi connectivity index (χ2v) is 12.6. The minimum Gasteiger partial charge on any atom is -0.372 e. The predicted molar refractivity (Wildman–Crippen MR) is 129 cm³/mol. The van der Waals surface area contributed by atoms with Crippen LogP contribution >= 0.6 is 0 Å². The molecule has 0 N–H and O–H groups in total. The lowest BCUT2D eigenvalue weighted by molar-refractivity contribution is -0.0257. The summed E-state index contributed by atoms with van der Waals surface area (Å²) >= 11 is 0. The van der Waals surface area contributed by atoms with Gasteiger partial charge in [-0.2, -0.15) is 0 Å². The van der Waals surface area contributed by atoms with E-state index in [4.69, 9.17) is 4.74 Å². The van der Waals surface area contributed by atoms with Gasteiger partial charge in [-0.15, -0.1) is 0 Å². The maximum atomic E-state index is 12.4. The van der Waals surface area contributed by atoms with E-state index in [0.717, 1.165) is 24.9 Å². The van der Waals surface area contributed by atoms with E-state index in [0.29, 0.717) is 6.04 Å². The number of anilines is 1. The van der Waals surface area contributed by atoms with Crippen LogP contribution in [0.3, 0.4) is 0 Å². The highest BCUT2D eigenvalue weighted by Gasteiger charge is 2.30. The molecule has 2 aromatic carbocycles. The topological polar surface area (TPSA) is 46.6 Å². The number of morpholine rings is 1. The molecule has 0 amide bonds. The van der Waals surface area contributed by atoms with Crippen molar-refractivity contribution in [2.75, 3.05) is 11.4 Å². The van der Waals surface area contributed by atoms with Crippen molar-refractivity contribution in [2.24, 2.45) is 0 Å². The molecule has 0 aliphatic carbocycles. The van der Waals surface area contributed by atoms with Crippen molar-refractivity contribution in [3.05, 3.63) is 65.2 Å². The number of hydrogen-bond acceptors (Lipinski definition) is 4. The van der Waals surface area contributed by atoms with Crippen LogP contribution in [0.15, 0.2) is 48.5 Å². The normalized spacial score (nSPS) is 22.5. The highest BCUT2D eigenvalue weighted by molar-refractivity contribution is 7.91. The zero-order valence-corrected chi connectivity index (χ0v) is 20.6. The molecule has 4 nitrogen and oxygen atoms in total. The Hall–Kier alpha value is -1.85. The minimum atomic E-state index is -3.16. The maximum absolute atomic E-state index is 12.4. The van der Waals surface area contributed by atoms with E-state index in [-0.39, 0.29) is 18.0 Å². The number of rotatable bonds is 6. The molecule has 1 aliphatic heterocycles. The third kappa shape index (κ3) is 5.89. The van der Waals surface area contributed by atoms with Gasteiger partial charge in [0.2, 0.25) is 0 Å². The summed E-state index contributed by atoms with van der Waals surface area (Å²) in [5.41, 5.74) is 4.64. The molecule has 0 spiro atoms. The van der Waals surface area contributed by atoms with Crippen molar-refractivity contribution < 1.29 is 13.2 Å². The number of ether oxygens (including phenoxy) is 1. The van der Waals surface area contributed by atoms with Gasteiger partial charge in [0.1, 0.15) is 0 Å². The quantitative estimate of drug-likeness (QED) is 0.617. The van der Waals surface area contributed by atoms with Crippen LogP contribution in [-0.4, -0.2) is 38.0 Å². The van der Waals surface area contributed by atoms with Crippen LogP contribution in [0.2, 0.25) is 0 Å². The smallest absolute Gasteiger partial charge is 0.159 e. The average molecular weight is 444 g/mol. The van der Waals surface area contributed by atoms with Crippen LogP contribution in [0.5, 0.6) is 0 Å². The van der Waals surface area contributed by atoms with Gasteiger partial charge in [0.05, 0.1) is 28.7 Å². The molecule has 0 radical (unpaired) electrons. The van der Waals surface area contributed by atoms with Crippen LogP contribution in [0.1, 0.15) is 58.2 Å². The molecule has 170 valence electrons. The molecule has 3 atom stereocenters. The van der Waals surface area contributed by atoms with Gasteiger partial charge >= 0.3 is 0 Å². The first-order chi connectivity index (χ1) is 14.5. The standard InChI is InChI=1S/C26H37NO3S/c1-19-17-27(20(2)21(3)30-19)25-15-13-23(14-16-25)8-7-22-9-11-24(12-10-22)18-31(28,29)26(4,5)6/h9-16,19-21H,7-8,17-18H2,1-6H3/t19-,20?,21+/m0/s1. The Morgan fingerprint density at radius 3 is 1.87 bits per heavy atom. The van der Waals surface area contributed by atoms with E-state index < -0.39 is 14.6 Å². The second-order valence-electron chi connectivity index (χ2n) is 9.90. The van der Waals surface area contributed by atoms with Crippen molar-refractivity contribution in [1.82, 2.24) is 0 Å². The first-order valence-electron chi connectivity index (χ1n) is 11.3. The Kier molecular flexibility index (Phi) is 7.17. The van der Waals surface area contributed by atoms with E-state index in [9.17, 15) is 8.42 Å². The summed E-state index contributed by atoms with van der Waals surface area (Å²) in [5, 5.41) is 0. The highest BCUT2D eigenvalue weighted by Crippen LogP contribution is 2.26. The Labute approximate surface area is 188 Å². The van der Waals surface area contributed by atoms with E-state index in [1.807, 2.05) is 12.1 Å². The van der Waals surface area contributed by atoms with Gasteiger partial charge in [0, 0.05) is 12.2 Å². The lowest BCUT2D eigenvalue weighted by Crippen LogP contribution is -2.52. The average Bonchev–Trinajstić information content (AvgIpc) is 2.69. The summed E-state index contributed by atoms with van der Waals surface area (Å²) in [6.45, 7) is 12.7. The monoisotopic (exact) mass is 443 g/mol. The van der Waals surface area contributed by atoms with Crippen molar-refractivity contribution in [1.29, 1.82) is 0 Å². The van der Waals surface area contributed by atoms with Gasteiger partial charge < -0.3 is 9.64 Å². The number of aryl methyl sites for hydroxylation is 2. The summed E-state index contributed by atoms with van der Waals surface area (Å²) in [6, 6.07) is 17.2. The number of nitrogens with zero attached hydrogens (tertiary/aromatic N) is 1. The molecule has 5 heteroatoms. The van der Waals surface area contributed by atoms with Crippen LogP contribution in [0.25, 0.3) is 0 Å². The van der Waals surface area contributed by atoms with Crippen LogP contribution < -0.4 is 4.90 Å². The summed E-state index contributed by atoms with van der Waals surface area (Å²) in [5.74, 6) is 0.0927. The van der Waals surface area contributed by atoms with Gasteiger partial charge in [-0.3, -0.25) is 0 Å². The summed E-state index contributed by atoms with van der Waals surface area (Å²) in [6.07, 6.45) is 2.37. The lowest BCUT2D eigenvalue weighted by atomic mass is 10.0. The molecule has 1 fully saturated rings. The van der Waals surface area contributed by atoms with Gasteiger partial charge in [-0.25, -0.2) is 8.42 Å². The fraction of sp³-hybridized carbons (Fsp3) is 0.538. The number of benzene rings is 2. The Balaban J connectivity index is 1.58. The zero-order chi connectivity index (χ0) is 22.8. The minimum absolute atomic E-state index is 0.0927. The van der Waals surface area contributed by atoms with Gasteiger partial charge in [0.15, 0.2) is 9.84 Å². The van der Waals surface area contributed by atoms with Crippen molar-refractivity contribution >= 4 is 15.5 Å². The highest BCUT2D eigenvalue weighted by atomic mass is 32.2. The fourth-order valence-corrected chi connectivity index (χ4v) is 5.01. The lowest BCUT2D eigenvalue weighted by Gasteiger charge is -2.42. The maximum Gasteiger partial charge on any atom is 0.159 e. The third-order valence-corrected chi connectivity index (χ3v) is 8.93. The molecule has 1 aliphatic rings. The molecule has 31 heavy (non-hydrogen) atoms. The zero-order valence-electron chi connectivity index (χ0n) is 19.8. The van der Waals surface area contributed by atoms with Crippen LogP contribution in [-0.2, 0) is 33.2 Å². The van der Waals surface area contributed by atoms with Gasteiger partial charge in [0.25, 0.3) is 0 Å². The van der Waals surface area contributed by atoms with Crippen molar-refractivity contribution in [3.63, 3.8) is 0 Å². The summed E-state index contributed by atoms with van der Waals surface area (Å²) in [4.78, 5) is 2.44. The van der Waals surface area contributed by atoms with Crippen LogP contribution in [0.4, 0.5) is 5.69 Å². The molecular formula is C26H37NO3S. The summed E-state index contributed by atoms with van der Waals surface area (Å²) in [7, 11) is -3.16. The molecule has 0 aromatic heterocycles. The van der Waals surface area contributed by atoms with Crippen LogP contribution in [0, 0.1) is 0 Å². The van der Waals surface area contributed by atoms with E-state index in [1.165, 1.54) is 16.8 Å². The molecule has 0 saturated carbocycles. The molecule has 1 heterocycles. The van der Waals surface area contributed by atoms with E-state index in [1.54, 1.807) is 20.8 Å². The first-order valence-corrected chi connectivity index (χ1v) is 12.9. The first kappa shape index (κ1) is 23.8. The largest absolute Gasteiger partial charge is 0.372 e. The molecule has 2 aromatic rings. The Morgan fingerprint density at radius 2 is 1.35 bits per heavy atom. The predicted octanol–water partition coefficient (Wildman–Crippen LogP) is 5.19. The Morgan fingerprint density at radius 1 is 0.871 bits per heavy atom. The third-order valence-electron chi connectivity index (χ3n) is 6.35. The van der Waals surface area contributed by atoms with Gasteiger partial charge in [-0.05, 0) is 83.2 Å². The molecule has 3 rings (SSSR count). The molecular weight excluding hydrogens is 406 g/mol. The summed E-state index contributed by atoms with van der Waals surface area (Å²) < 4.78 is 30.0. The number of hydrogen-bond donors (Lipinski definition) is 0.